The molecule has 0 unspecified atom stereocenters. The van der Waals surface area contributed by atoms with Crippen LogP contribution in [0, 0.1) is 6.92 Å². The molecule has 0 bridgehead atoms. The first kappa shape index (κ1) is 17.0. The van der Waals surface area contributed by atoms with Crippen LogP contribution in [0.5, 0.6) is 0 Å². The maximum absolute atomic E-state index is 12.2. The number of rotatable bonds is 7. The van der Waals surface area contributed by atoms with Gasteiger partial charge in [-0.3, -0.25) is 4.79 Å². The van der Waals surface area contributed by atoms with Gasteiger partial charge in [-0.1, -0.05) is 30.3 Å². The standard InChI is InChI=1S/C19H25N3O/c1-3-22(18-7-5-4-6-15(18)2)13-12-21-19(23)17-10-8-16(14-20)9-11-17/h4-11H,3,12-14,20H2,1-2H3,(H,21,23). The first-order valence-corrected chi connectivity index (χ1v) is 8.03. The minimum Gasteiger partial charge on any atom is -0.370 e. The van der Waals surface area contributed by atoms with Crippen LogP contribution in [0.15, 0.2) is 48.5 Å². The molecule has 122 valence electrons. The summed E-state index contributed by atoms with van der Waals surface area (Å²) >= 11 is 0. The van der Waals surface area contributed by atoms with Gasteiger partial charge in [0, 0.05) is 37.4 Å². The van der Waals surface area contributed by atoms with E-state index in [0.717, 1.165) is 18.7 Å². The molecular formula is C19H25N3O. The van der Waals surface area contributed by atoms with Gasteiger partial charge in [-0.05, 0) is 43.2 Å². The molecule has 2 rings (SSSR count). The summed E-state index contributed by atoms with van der Waals surface area (Å²) in [5.74, 6) is -0.0468. The highest BCUT2D eigenvalue weighted by molar-refractivity contribution is 5.94. The molecule has 2 aromatic carbocycles. The van der Waals surface area contributed by atoms with Crippen molar-refractivity contribution in [3.05, 3.63) is 65.2 Å². The monoisotopic (exact) mass is 311 g/mol. The molecule has 0 aliphatic heterocycles. The van der Waals surface area contributed by atoms with E-state index in [1.807, 2.05) is 36.4 Å². The van der Waals surface area contributed by atoms with Crippen LogP contribution in [0.2, 0.25) is 0 Å². The number of anilines is 1. The number of hydrogen-bond acceptors (Lipinski definition) is 3. The molecule has 0 aromatic heterocycles. The van der Waals surface area contributed by atoms with Crippen molar-refractivity contribution in [1.82, 2.24) is 5.32 Å². The second-order valence-corrected chi connectivity index (χ2v) is 5.52. The molecule has 0 fully saturated rings. The molecule has 4 nitrogen and oxygen atoms in total. The van der Waals surface area contributed by atoms with E-state index in [1.165, 1.54) is 11.3 Å². The van der Waals surface area contributed by atoms with E-state index >= 15 is 0 Å². The van der Waals surface area contributed by atoms with Gasteiger partial charge in [0.05, 0.1) is 0 Å². The van der Waals surface area contributed by atoms with Crippen LogP contribution in [0.4, 0.5) is 5.69 Å². The molecular weight excluding hydrogens is 286 g/mol. The van der Waals surface area contributed by atoms with Crippen molar-refractivity contribution in [2.24, 2.45) is 5.73 Å². The zero-order valence-electron chi connectivity index (χ0n) is 13.9. The van der Waals surface area contributed by atoms with Gasteiger partial charge in [-0.15, -0.1) is 0 Å². The van der Waals surface area contributed by atoms with Gasteiger partial charge in [0.15, 0.2) is 0 Å². The quantitative estimate of drug-likeness (QED) is 0.826. The predicted octanol–water partition coefficient (Wildman–Crippen LogP) is 2.71. The average Bonchev–Trinajstić information content (AvgIpc) is 2.59. The summed E-state index contributed by atoms with van der Waals surface area (Å²) < 4.78 is 0. The molecule has 3 N–H and O–H groups in total. The maximum Gasteiger partial charge on any atom is 0.251 e. The zero-order valence-corrected chi connectivity index (χ0v) is 13.9. The Morgan fingerprint density at radius 2 is 1.83 bits per heavy atom. The lowest BCUT2D eigenvalue weighted by Gasteiger charge is -2.25. The molecule has 0 heterocycles. The van der Waals surface area contributed by atoms with E-state index in [-0.39, 0.29) is 5.91 Å². The van der Waals surface area contributed by atoms with Crippen LogP contribution in [0.3, 0.4) is 0 Å². The molecule has 4 heteroatoms. The minimum absolute atomic E-state index is 0.0468. The number of nitrogens with two attached hydrogens (primary N) is 1. The Hall–Kier alpha value is -2.33. The lowest BCUT2D eigenvalue weighted by atomic mass is 10.1. The van der Waals surface area contributed by atoms with Gasteiger partial charge in [-0.2, -0.15) is 0 Å². The SMILES string of the molecule is CCN(CCNC(=O)c1ccc(CN)cc1)c1ccccc1C. The van der Waals surface area contributed by atoms with Crippen LogP contribution in [-0.4, -0.2) is 25.5 Å². The van der Waals surface area contributed by atoms with Crippen molar-refractivity contribution in [1.29, 1.82) is 0 Å². The van der Waals surface area contributed by atoms with Crippen molar-refractivity contribution < 1.29 is 4.79 Å². The Morgan fingerprint density at radius 1 is 1.13 bits per heavy atom. The number of para-hydroxylation sites is 1. The topological polar surface area (TPSA) is 58.4 Å². The fraction of sp³-hybridized carbons (Fsp3) is 0.316. The van der Waals surface area contributed by atoms with Crippen LogP contribution in [-0.2, 0) is 6.54 Å². The summed E-state index contributed by atoms with van der Waals surface area (Å²) in [6.45, 7) is 7.03. The molecule has 0 saturated heterocycles. The summed E-state index contributed by atoms with van der Waals surface area (Å²) in [7, 11) is 0. The van der Waals surface area contributed by atoms with Gasteiger partial charge in [-0.25, -0.2) is 0 Å². The van der Waals surface area contributed by atoms with Crippen LogP contribution in [0.25, 0.3) is 0 Å². The molecule has 0 aliphatic rings. The summed E-state index contributed by atoms with van der Waals surface area (Å²) in [5, 5.41) is 2.98. The second kappa shape index (κ2) is 8.34. The van der Waals surface area contributed by atoms with Gasteiger partial charge >= 0.3 is 0 Å². The lowest BCUT2D eigenvalue weighted by molar-refractivity contribution is 0.0954. The normalized spacial score (nSPS) is 10.4. The largest absolute Gasteiger partial charge is 0.370 e. The third-order valence-corrected chi connectivity index (χ3v) is 3.96. The first-order chi connectivity index (χ1) is 11.2. The molecule has 0 saturated carbocycles. The summed E-state index contributed by atoms with van der Waals surface area (Å²) in [6, 6.07) is 15.7. The molecule has 23 heavy (non-hydrogen) atoms. The van der Waals surface area contributed by atoms with Crippen LogP contribution in [0.1, 0.15) is 28.4 Å². The van der Waals surface area contributed by atoms with E-state index in [0.29, 0.717) is 18.7 Å². The second-order valence-electron chi connectivity index (χ2n) is 5.52. The number of likely N-dealkylation sites (N-methyl/N-ethyl adjacent to an activating group) is 1. The highest BCUT2D eigenvalue weighted by Crippen LogP contribution is 2.18. The van der Waals surface area contributed by atoms with Gasteiger partial charge in [0.25, 0.3) is 5.91 Å². The summed E-state index contributed by atoms with van der Waals surface area (Å²) in [4.78, 5) is 14.4. The molecule has 0 atom stereocenters. The van der Waals surface area contributed by atoms with Gasteiger partial charge < -0.3 is 16.0 Å². The summed E-state index contributed by atoms with van der Waals surface area (Å²) in [5.41, 5.74) is 9.73. The molecule has 0 radical (unpaired) electrons. The number of benzene rings is 2. The smallest absolute Gasteiger partial charge is 0.251 e. The average molecular weight is 311 g/mol. The minimum atomic E-state index is -0.0468. The van der Waals surface area contributed by atoms with E-state index in [9.17, 15) is 4.79 Å². The Kier molecular flexibility index (Phi) is 6.18. The number of amides is 1. The van der Waals surface area contributed by atoms with Crippen molar-refractivity contribution >= 4 is 11.6 Å². The van der Waals surface area contributed by atoms with E-state index in [2.05, 4.69) is 36.2 Å². The third-order valence-electron chi connectivity index (χ3n) is 3.96. The van der Waals surface area contributed by atoms with E-state index < -0.39 is 0 Å². The van der Waals surface area contributed by atoms with Crippen molar-refractivity contribution in [2.45, 2.75) is 20.4 Å². The highest BCUT2D eigenvalue weighted by atomic mass is 16.1. The van der Waals surface area contributed by atoms with Gasteiger partial charge in [0.1, 0.15) is 0 Å². The molecule has 0 aliphatic carbocycles. The predicted molar refractivity (Wildman–Crippen MR) is 95.7 cm³/mol. The number of hydrogen-bond donors (Lipinski definition) is 2. The van der Waals surface area contributed by atoms with Gasteiger partial charge in [0.2, 0.25) is 0 Å². The van der Waals surface area contributed by atoms with E-state index in [1.54, 1.807) is 0 Å². The number of aryl methyl sites for hydroxylation is 1. The first-order valence-electron chi connectivity index (χ1n) is 8.03. The Balaban J connectivity index is 1.89. The molecule has 1 amide bonds. The van der Waals surface area contributed by atoms with Crippen molar-refractivity contribution in [2.75, 3.05) is 24.5 Å². The number of nitrogens with zero attached hydrogens (tertiary/aromatic N) is 1. The number of carbonyl (C=O) groups is 1. The fourth-order valence-corrected chi connectivity index (χ4v) is 2.57. The number of carbonyl (C=O) groups excluding carboxylic acids is 1. The zero-order chi connectivity index (χ0) is 16.7. The van der Waals surface area contributed by atoms with Crippen LogP contribution >= 0.6 is 0 Å². The van der Waals surface area contributed by atoms with Crippen molar-refractivity contribution in [3.63, 3.8) is 0 Å². The summed E-state index contributed by atoms with van der Waals surface area (Å²) in [6.07, 6.45) is 0. The third kappa shape index (κ3) is 4.57. The maximum atomic E-state index is 12.2. The molecule has 2 aromatic rings. The fourth-order valence-electron chi connectivity index (χ4n) is 2.57. The highest BCUT2D eigenvalue weighted by Gasteiger charge is 2.08. The Bertz CT molecular complexity index is 637. The van der Waals surface area contributed by atoms with E-state index in [4.69, 9.17) is 5.73 Å². The number of nitrogens with one attached hydrogen (secondary N) is 1. The van der Waals surface area contributed by atoms with Crippen LogP contribution < -0.4 is 16.0 Å². The van der Waals surface area contributed by atoms with Crippen molar-refractivity contribution in [3.8, 4) is 0 Å². The lowest BCUT2D eigenvalue weighted by Crippen LogP contribution is -2.35. The molecule has 0 spiro atoms. The Labute approximate surface area is 138 Å². The Morgan fingerprint density at radius 3 is 2.43 bits per heavy atom.